The topological polar surface area (TPSA) is 46.6 Å². The van der Waals surface area contributed by atoms with Crippen molar-refractivity contribution in [1.29, 1.82) is 0 Å². The average Bonchev–Trinajstić information content (AvgIpc) is 2.62. The molecular weight excluding hydrogens is 426 g/mol. The monoisotopic (exact) mass is 443 g/mol. The highest BCUT2D eigenvalue weighted by molar-refractivity contribution is 9.10. The van der Waals surface area contributed by atoms with Gasteiger partial charge in [-0.05, 0) is 70.7 Å². The van der Waals surface area contributed by atoms with Crippen molar-refractivity contribution in [2.45, 2.75) is 30.2 Å². The van der Waals surface area contributed by atoms with Gasteiger partial charge in [0.15, 0.2) is 0 Å². The van der Waals surface area contributed by atoms with E-state index in [1.54, 1.807) is 35.7 Å². The van der Waals surface area contributed by atoms with Crippen LogP contribution in [0.3, 0.4) is 0 Å². The molecule has 0 amide bonds. The van der Waals surface area contributed by atoms with Gasteiger partial charge in [0.1, 0.15) is 5.75 Å². The van der Waals surface area contributed by atoms with Crippen molar-refractivity contribution in [3.63, 3.8) is 0 Å². The second-order valence-electron chi connectivity index (χ2n) is 5.98. The van der Waals surface area contributed by atoms with Crippen LogP contribution in [-0.4, -0.2) is 26.4 Å². The normalized spacial score (nSPS) is 18.9. The van der Waals surface area contributed by atoms with Crippen LogP contribution < -0.4 is 4.74 Å². The van der Waals surface area contributed by atoms with Gasteiger partial charge < -0.3 is 4.74 Å². The molecule has 1 heterocycles. The number of rotatable bonds is 4. The molecule has 0 aliphatic carbocycles. The molecule has 3 rings (SSSR count). The highest BCUT2D eigenvalue weighted by atomic mass is 79.9. The summed E-state index contributed by atoms with van der Waals surface area (Å²) in [7, 11) is -1.97. The third-order valence-corrected chi connectivity index (χ3v) is 7.23. The van der Waals surface area contributed by atoms with Crippen LogP contribution in [0.4, 0.5) is 0 Å². The van der Waals surface area contributed by atoms with Crippen molar-refractivity contribution in [2.24, 2.45) is 0 Å². The van der Waals surface area contributed by atoms with Gasteiger partial charge in [-0.1, -0.05) is 24.1 Å². The minimum atomic E-state index is -3.58. The molecule has 0 aromatic heterocycles. The van der Waals surface area contributed by atoms with Gasteiger partial charge in [0.2, 0.25) is 10.0 Å². The second kappa shape index (κ2) is 7.66. The van der Waals surface area contributed by atoms with Crippen molar-refractivity contribution in [1.82, 2.24) is 4.31 Å². The van der Waals surface area contributed by atoms with Gasteiger partial charge in [-0.2, -0.15) is 4.31 Å². The maximum Gasteiger partial charge on any atom is 0.243 e. The lowest BCUT2D eigenvalue weighted by atomic mass is 9.97. The van der Waals surface area contributed by atoms with Gasteiger partial charge in [0.25, 0.3) is 0 Å². The molecule has 2 aromatic rings. The maximum atomic E-state index is 13.1. The average molecular weight is 445 g/mol. The van der Waals surface area contributed by atoms with Crippen molar-refractivity contribution < 1.29 is 13.2 Å². The number of piperidine rings is 1. The fourth-order valence-electron chi connectivity index (χ4n) is 3.16. The van der Waals surface area contributed by atoms with Crippen LogP contribution in [-0.2, 0) is 10.0 Å². The number of halogens is 2. The molecule has 1 saturated heterocycles. The first-order valence-electron chi connectivity index (χ1n) is 8.04. The number of ether oxygens (including phenoxy) is 1. The van der Waals surface area contributed by atoms with E-state index in [0.29, 0.717) is 11.6 Å². The lowest BCUT2D eigenvalue weighted by molar-refractivity contribution is 0.255. The summed E-state index contributed by atoms with van der Waals surface area (Å²) in [4.78, 5) is 0.274. The maximum absolute atomic E-state index is 13.1. The van der Waals surface area contributed by atoms with E-state index in [9.17, 15) is 8.42 Å². The Labute approximate surface area is 161 Å². The van der Waals surface area contributed by atoms with Crippen LogP contribution in [0, 0.1) is 0 Å². The lowest BCUT2D eigenvalue weighted by Gasteiger charge is -2.35. The van der Waals surface area contributed by atoms with Gasteiger partial charge in [-0.15, -0.1) is 0 Å². The zero-order chi connectivity index (χ0) is 18.0. The van der Waals surface area contributed by atoms with Crippen LogP contribution >= 0.6 is 27.5 Å². The van der Waals surface area contributed by atoms with Gasteiger partial charge in [-0.3, -0.25) is 0 Å². The first kappa shape index (κ1) is 18.7. The molecule has 25 heavy (non-hydrogen) atoms. The molecule has 1 aliphatic heterocycles. The van der Waals surface area contributed by atoms with Crippen molar-refractivity contribution in [3.8, 4) is 5.75 Å². The summed E-state index contributed by atoms with van der Waals surface area (Å²) < 4.78 is 34.0. The molecule has 2 aromatic carbocycles. The summed E-state index contributed by atoms with van der Waals surface area (Å²) in [6.45, 7) is 0.513. The first-order chi connectivity index (χ1) is 11.9. The Balaban J connectivity index is 1.98. The predicted molar refractivity (Wildman–Crippen MR) is 103 cm³/mol. The van der Waals surface area contributed by atoms with E-state index in [0.717, 1.165) is 35.0 Å². The summed E-state index contributed by atoms with van der Waals surface area (Å²) >= 11 is 9.38. The summed E-state index contributed by atoms with van der Waals surface area (Å²) in [5, 5.41) is 0.522. The highest BCUT2D eigenvalue weighted by Gasteiger charge is 2.34. The van der Waals surface area contributed by atoms with Gasteiger partial charge >= 0.3 is 0 Å². The van der Waals surface area contributed by atoms with Crippen LogP contribution in [0.15, 0.2) is 51.8 Å². The fraction of sp³-hybridized carbons (Fsp3) is 0.333. The number of benzene rings is 2. The van der Waals surface area contributed by atoms with Crippen LogP contribution in [0.1, 0.15) is 30.9 Å². The summed E-state index contributed by atoms with van der Waals surface area (Å²) in [5.74, 6) is 0.728. The van der Waals surface area contributed by atoms with Gasteiger partial charge in [0.05, 0.1) is 22.5 Å². The van der Waals surface area contributed by atoms with E-state index in [2.05, 4.69) is 15.9 Å². The van der Waals surface area contributed by atoms with E-state index in [1.165, 1.54) is 0 Å². The minimum Gasteiger partial charge on any atom is -0.496 e. The molecule has 0 saturated carbocycles. The molecule has 7 heteroatoms. The van der Waals surface area contributed by atoms with E-state index in [4.69, 9.17) is 16.3 Å². The Morgan fingerprint density at radius 3 is 2.52 bits per heavy atom. The molecule has 0 N–H and O–H groups in total. The standard InChI is InChI=1S/C18H19BrClNO3S/c1-24-18-10-5-13(12-16(18)19)17-4-2-3-11-21(17)25(22,23)15-8-6-14(20)7-9-15/h5-10,12,17H,2-4,11H2,1H3. The predicted octanol–water partition coefficient (Wildman–Crippen LogP) is 5.03. The number of sulfonamides is 1. The molecule has 0 bridgehead atoms. The molecule has 134 valence electrons. The van der Waals surface area contributed by atoms with Crippen molar-refractivity contribution in [3.05, 3.63) is 57.5 Å². The highest BCUT2D eigenvalue weighted by Crippen LogP contribution is 2.38. The van der Waals surface area contributed by atoms with Crippen molar-refractivity contribution >= 4 is 37.6 Å². The third kappa shape index (κ3) is 3.87. The Hall–Kier alpha value is -1.08. The van der Waals surface area contributed by atoms with E-state index < -0.39 is 10.0 Å². The quantitative estimate of drug-likeness (QED) is 0.664. The number of hydrogen-bond donors (Lipinski definition) is 0. The Kier molecular flexibility index (Phi) is 5.73. The molecule has 1 aliphatic rings. The van der Waals surface area contributed by atoms with Crippen LogP contribution in [0.25, 0.3) is 0 Å². The number of hydrogen-bond acceptors (Lipinski definition) is 3. The van der Waals surface area contributed by atoms with Crippen molar-refractivity contribution in [2.75, 3.05) is 13.7 Å². The van der Waals surface area contributed by atoms with E-state index in [1.807, 2.05) is 18.2 Å². The Morgan fingerprint density at radius 2 is 1.88 bits per heavy atom. The SMILES string of the molecule is COc1ccc(C2CCCCN2S(=O)(=O)c2ccc(Cl)cc2)cc1Br. The summed E-state index contributed by atoms with van der Waals surface area (Å²) in [6.07, 6.45) is 2.66. The lowest BCUT2D eigenvalue weighted by Crippen LogP contribution is -2.38. The second-order valence-corrected chi connectivity index (χ2v) is 9.16. The summed E-state index contributed by atoms with van der Waals surface area (Å²) in [6, 6.07) is 11.9. The molecular formula is C18H19BrClNO3S. The number of methoxy groups -OCH3 is 1. The molecule has 4 nitrogen and oxygen atoms in total. The third-order valence-electron chi connectivity index (χ3n) is 4.43. The number of nitrogens with zero attached hydrogens (tertiary/aromatic N) is 1. The smallest absolute Gasteiger partial charge is 0.243 e. The minimum absolute atomic E-state index is 0.184. The Morgan fingerprint density at radius 1 is 1.16 bits per heavy atom. The van der Waals surface area contributed by atoms with Crippen LogP contribution in [0.5, 0.6) is 5.75 Å². The van der Waals surface area contributed by atoms with E-state index >= 15 is 0 Å². The Bertz CT molecular complexity index is 855. The fourth-order valence-corrected chi connectivity index (χ4v) is 5.52. The molecule has 0 radical (unpaired) electrons. The molecule has 0 spiro atoms. The van der Waals surface area contributed by atoms with Crippen LogP contribution in [0.2, 0.25) is 5.02 Å². The summed E-state index contributed by atoms with van der Waals surface area (Å²) in [5.41, 5.74) is 0.963. The van der Waals surface area contributed by atoms with Gasteiger partial charge in [0, 0.05) is 11.6 Å². The molecule has 1 unspecified atom stereocenters. The first-order valence-corrected chi connectivity index (χ1v) is 10.7. The molecule has 1 fully saturated rings. The van der Waals surface area contributed by atoms with Gasteiger partial charge in [-0.25, -0.2) is 8.42 Å². The molecule has 1 atom stereocenters. The van der Waals surface area contributed by atoms with E-state index in [-0.39, 0.29) is 10.9 Å². The largest absolute Gasteiger partial charge is 0.496 e. The zero-order valence-corrected chi connectivity index (χ0v) is 16.9. The zero-order valence-electron chi connectivity index (χ0n) is 13.8.